The third-order valence-corrected chi connectivity index (χ3v) is 8.94. The molecule has 1 amide bonds. The Balaban J connectivity index is 1.35. The molecule has 46 heavy (non-hydrogen) atoms. The fraction of sp³-hybridized carbons (Fsp3) is 0.395. The first kappa shape index (κ1) is 34.9. The van der Waals surface area contributed by atoms with Crippen molar-refractivity contribution in [1.82, 2.24) is 9.88 Å². The number of aliphatic carboxylic acids is 1. The summed E-state index contributed by atoms with van der Waals surface area (Å²) in [6.45, 7) is 11.2. The van der Waals surface area contributed by atoms with Gasteiger partial charge in [-0.05, 0) is 84.2 Å². The minimum Gasteiger partial charge on any atom is -0.489 e. The third-order valence-electron chi connectivity index (χ3n) is 8.10. The molecule has 0 fully saturated rings. The Bertz CT molecular complexity index is 1560. The Hall–Kier alpha value is -4.01. The van der Waals surface area contributed by atoms with Crippen molar-refractivity contribution >= 4 is 28.9 Å². The third kappa shape index (κ3) is 10.3. The van der Waals surface area contributed by atoms with Gasteiger partial charge in [0.25, 0.3) is 0 Å². The second-order valence-corrected chi connectivity index (χ2v) is 13.2. The van der Waals surface area contributed by atoms with E-state index in [2.05, 4.69) is 57.3 Å². The van der Waals surface area contributed by atoms with E-state index in [0.29, 0.717) is 24.1 Å². The standard InChI is InChI=1S/C38H47N3O4S/c1-6-8-30(9-7-2)31-12-10-28(11-13-31)24-45-33-18-19-34(27(5)20-33)35-25-46-37(40-35)22-41(23-38(43)44)21-36(42)39-32-16-14-29(15-17-32)26(3)4/h10-20,25-26,30H,6-9,21-24H2,1-5H3,(H,39,42)(H,43,44). The van der Waals surface area contributed by atoms with Crippen molar-refractivity contribution in [3.63, 3.8) is 0 Å². The number of carboxylic acids is 1. The number of carbonyl (C=O) groups excluding carboxylic acids is 1. The number of thiazole rings is 1. The van der Waals surface area contributed by atoms with E-state index in [4.69, 9.17) is 9.72 Å². The molecular formula is C38H47N3O4S. The van der Waals surface area contributed by atoms with Crippen molar-refractivity contribution in [2.24, 2.45) is 0 Å². The van der Waals surface area contributed by atoms with E-state index < -0.39 is 5.97 Å². The number of rotatable bonds is 17. The van der Waals surface area contributed by atoms with Crippen LogP contribution in [0.15, 0.2) is 72.1 Å². The predicted octanol–water partition coefficient (Wildman–Crippen LogP) is 9.03. The molecule has 0 saturated heterocycles. The van der Waals surface area contributed by atoms with Gasteiger partial charge in [0.05, 0.1) is 25.3 Å². The molecule has 0 bridgehead atoms. The van der Waals surface area contributed by atoms with Gasteiger partial charge in [0.15, 0.2) is 0 Å². The van der Waals surface area contributed by atoms with Crippen LogP contribution >= 0.6 is 11.3 Å². The van der Waals surface area contributed by atoms with Gasteiger partial charge in [-0.15, -0.1) is 11.3 Å². The topological polar surface area (TPSA) is 91.8 Å². The monoisotopic (exact) mass is 641 g/mol. The maximum Gasteiger partial charge on any atom is 0.317 e. The van der Waals surface area contributed by atoms with Crippen LogP contribution < -0.4 is 10.1 Å². The molecule has 8 heteroatoms. The first-order valence-corrected chi connectivity index (χ1v) is 17.1. The Morgan fingerprint density at radius 2 is 1.61 bits per heavy atom. The number of ether oxygens (including phenoxy) is 1. The highest BCUT2D eigenvalue weighted by atomic mass is 32.1. The van der Waals surface area contributed by atoms with Crippen molar-refractivity contribution in [2.75, 3.05) is 18.4 Å². The molecule has 0 aliphatic carbocycles. The van der Waals surface area contributed by atoms with Gasteiger partial charge in [0, 0.05) is 16.6 Å². The van der Waals surface area contributed by atoms with Gasteiger partial charge in [-0.2, -0.15) is 0 Å². The predicted molar refractivity (Wildman–Crippen MR) is 188 cm³/mol. The summed E-state index contributed by atoms with van der Waals surface area (Å²) in [5.41, 5.74) is 7.28. The van der Waals surface area contributed by atoms with Crippen LogP contribution in [0.25, 0.3) is 11.3 Å². The largest absolute Gasteiger partial charge is 0.489 e. The Labute approximate surface area is 277 Å². The van der Waals surface area contributed by atoms with Gasteiger partial charge in [0.1, 0.15) is 17.4 Å². The van der Waals surface area contributed by atoms with Crippen LogP contribution in [0.5, 0.6) is 5.75 Å². The van der Waals surface area contributed by atoms with Gasteiger partial charge < -0.3 is 15.2 Å². The molecule has 0 radical (unpaired) electrons. The summed E-state index contributed by atoms with van der Waals surface area (Å²) in [7, 11) is 0. The molecule has 4 aromatic rings. The molecule has 1 heterocycles. The van der Waals surface area contributed by atoms with Crippen LogP contribution in [-0.2, 0) is 22.7 Å². The maximum atomic E-state index is 12.8. The molecule has 0 unspecified atom stereocenters. The van der Waals surface area contributed by atoms with Crippen LogP contribution in [0.3, 0.4) is 0 Å². The average molecular weight is 642 g/mol. The van der Waals surface area contributed by atoms with Crippen molar-refractivity contribution in [3.8, 4) is 17.0 Å². The summed E-state index contributed by atoms with van der Waals surface area (Å²) >= 11 is 1.46. The van der Waals surface area contributed by atoms with E-state index in [1.165, 1.54) is 48.1 Å². The summed E-state index contributed by atoms with van der Waals surface area (Å²) in [6.07, 6.45) is 4.84. The summed E-state index contributed by atoms with van der Waals surface area (Å²) in [6, 6.07) is 22.6. The molecule has 0 saturated carbocycles. The molecular weight excluding hydrogens is 595 g/mol. The van der Waals surface area contributed by atoms with Crippen LogP contribution in [0, 0.1) is 6.92 Å². The van der Waals surface area contributed by atoms with E-state index in [-0.39, 0.29) is 25.5 Å². The van der Waals surface area contributed by atoms with E-state index in [1.807, 2.05) is 54.8 Å². The smallest absolute Gasteiger partial charge is 0.317 e. The first-order chi connectivity index (χ1) is 22.1. The lowest BCUT2D eigenvalue weighted by Crippen LogP contribution is -2.36. The van der Waals surface area contributed by atoms with E-state index in [0.717, 1.165) is 33.1 Å². The number of hydrogen-bond acceptors (Lipinski definition) is 6. The van der Waals surface area contributed by atoms with Crippen molar-refractivity contribution in [3.05, 3.63) is 99.4 Å². The number of carbonyl (C=O) groups is 2. The second-order valence-electron chi connectivity index (χ2n) is 12.3. The number of nitrogens with one attached hydrogen (secondary N) is 1. The zero-order valence-electron chi connectivity index (χ0n) is 27.7. The van der Waals surface area contributed by atoms with Gasteiger partial charge in [0.2, 0.25) is 5.91 Å². The van der Waals surface area contributed by atoms with E-state index in [9.17, 15) is 14.7 Å². The van der Waals surface area contributed by atoms with Gasteiger partial charge in [-0.25, -0.2) is 4.98 Å². The summed E-state index contributed by atoms with van der Waals surface area (Å²) in [5.74, 6) is 0.564. The Kier molecular flexibility index (Phi) is 12.9. The highest BCUT2D eigenvalue weighted by molar-refractivity contribution is 7.09. The molecule has 7 nitrogen and oxygen atoms in total. The Morgan fingerprint density at radius 3 is 2.22 bits per heavy atom. The first-order valence-electron chi connectivity index (χ1n) is 16.3. The molecule has 4 rings (SSSR count). The van der Waals surface area contributed by atoms with E-state index >= 15 is 0 Å². The van der Waals surface area contributed by atoms with Crippen molar-refractivity contribution in [1.29, 1.82) is 0 Å². The van der Waals surface area contributed by atoms with Crippen LogP contribution in [0.2, 0.25) is 0 Å². The number of aryl methyl sites for hydroxylation is 1. The normalized spacial score (nSPS) is 11.4. The zero-order valence-corrected chi connectivity index (χ0v) is 28.5. The molecule has 0 aliphatic rings. The van der Waals surface area contributed by atoms with Gasteiger partial charge in [-0.1, -0.05) is 76.9 Å². The zero-order chi connectivity index (χ0) is 33.1. The highest BCUT2D eigenvalue weighted by Gasteiger charge is 2.18. The van der Waals surface area contributed by atoms with Crippen molar-refractivity contribution < 1.29 is 19.4 Å². The molecule has 244 valence electrons. The van der Waals surface area contributed by atoms with Crippen molar-refractivity contribution in [2.45, 2.75) is 85.3 Å². The number of benzene rings is 3. The number of amides is 1. The van der Waals surface area contributed by atoms with Crippen LogP contribution in [-0.4, -0.2) is 40.0 Å². The lowest BCUT2D eigenvalue weighted by Gasteiger charge is -2.18. The number of anilines is 1. The fourth-order valence-electron chi connectivity index (χ4n) is 5.65. The maximum absolute atomic E-state index is 12.8. The lowest BCUT2D eigenvalue weighted by molar-refractivity contribution is -0.138. The minimum atomic E-state index is -0.995. The number of carboxylic acid groups (broad SMARTS) is 1. The summed E-state index contributed by atoms with van der Waals surface area (Å²) in [4.78, 5) is 30.7. The highest BCUT2D eigenvalue weighted by Crippen LogP contribution is 2.30. The minimum absolute atomic E-state index is 0.0566. The molecule has 0 aliphatic heterocycles. The molecule has 1 aromatic heterocycles. The Morgan fingerprint density at radius 1 is 0.935 bits per heavy atom. The quantitative estimate of drug-likeness (QED) is 0.120. The van der Waals surface area contributed by atoms with Gasteiger partial charge >= 0.3 is 5.97 Å². The summed E-state index contributed by atoms with van der Waals surface area (Å²) < 4.78 is 6.13. The van der Waals surface area contributed by atoms with Gasteiger partial charge in [-0.3, -0.25) is 14.5 Å². The average Bonchev–Trinajstić information content (AvgIpc) is 3.48. The summed E-state index contributed by atoms with van der Waals surface area (Å²) in [5, 5.41) is 15.1. The van der Waals surface area contributed by atoms with Crippen LogP contribution in [0.1, 0.15) is 92.5 Å². The van der Waals surface area contributed by atoms with E-state index in [1.54, 1.807) is 4.90 Å². The molecule has 3 aromatic carbocycles. The lowest BCUT2D eigenvalue weighted by atomic mass is 9.90. The number of nitrogens with zero attached hydrogens (tertiary/aromatic N) is 2. The molecule has 0 atom stereocenters. The second kappa shape index (κ2) is 17.1. The number of hydrogen-bond donors (Lipinski definition) is 2. The molecule has 0 spiro atoms. The fourth-order valence-corrected chi connectivity index (χ4v) is 6.49. The van der Waals surface area contributed by atoms with Crippen LogP contribution in [0.4, 0.5) is 5.69 Å². The molecule has 2 N–H and O–H groups in total. The number of aromatic nitrogens is 1. The SMILES string of the molecule is CCCC(CCC)c1ccc(COc2ccc(-c3csc(CN(CC(=O)O)CC(=O)Nc4ccc(C(C)C)cc4)n3)c(C)c2)cc1.